The van der Waals surface area contributed by atoms with Crippen molar-refractivity contribution in [2.45, 2.75) is 13.2 Å². The molecule has 1 unspecified atom stereocenters. The van der Waals surface area contributed by atoms with E-state index in [9.17, 15) is 4.79 Å². The Hall–Kier alpha value is -0.450. The van der Waals surface area contributed by atoms with Crippen LogP contribution in [0.2, 0.25) is 0 Å². The zero-order valence-corrected chi connectivity index (χ0v) is 7.95. The Labute approximate surface area is 73.4 Å². The van der Waals surface area contributed by atoms with Crippen LogP contribution in [0.3, 0.4) is 0 Å². The van der Waals surface area contributed by atoms with Gasteiger partial charge in [-0.25, -0.2) is 0 Å². The second-order valence-electron chi connectivity index (χ2n) is 2.63. The van der Waals surface area contributed by atoms with E-state index in [1.54, 1.807) is 0 Å². The van der Waals surface area contributed by atoms with Gasteiger partial charge in [0.1, 0.15) is 0 Å². The van der Waals surface area contributed by atoms with Crippen LogP contribution in [-0.2, 0) is 14.3 Å². The predicted molar refractivity (Wildman–Crippen MR) is 46.0 cm³/mol. The van der Waals surface area contributed by atoms with E-state index < -0.39 is 6.29 Å². The van der Waals surface area contributed by atoms with Crippen molar-refractivity contribution in [2.24, 2.45) is 0 Å². The molecule has 4 heteroatoms. The van der Waals surface area contributed by atoms with Gasteiger partial charge in [-0.3, -0.25) is 4.79 Å². The second-order valence-corrected chi connectivity index (χ2v) is 2.63. The van der Waals surface area contributed by atoms with Gasteiger partial charge in [-0.05, 0) is 21.0 Å². The molecule has 1 atom stereocenters. The zero-order valence-electron chi connectivity index (χ0n) is 7.95. The first-order chi connectivity index (χ1) is 5.70. The number of aldehydes is 1. The number of carbonyl (C=O) groups is 1. The fraction of sp³-hybridized carbons (Fsp3) is 0.875. The maximum absolute atomic E-state index is 10.3. The summed E-state index contributed by atoms with van der Waals surface area (Å²) < 4.78 is 10.1. The maximum Gasteiger partial charge on any atom is 0.214 e. The van der Waals surface area contributed by atoms with Crippen LogP contribution >= 0.6 is 0 Å². The molecule has 4 nitrogen and oxygen atoms in total. The van der Waals surface area contributed by atoms with Crippen molar-refractivity contribution in [3.05, 3.63) is 0 Å². The highest BCUT2D eigenvalue weighted by Gasteiger charge is 2.05. The van der Waals surface area contributed by atoms with Crippen molar-refractivity contribution in [2.75, 3.05) is 33.9 Å². The Kier molecular flexibility index (Phi) is 6.94. The average Bonchev–Trinajstić information content (AvgIpc) is 2.02. The zero-order chi connectivity index (χ0) is 9.40. The number of likely N-dealkylation sites (N-methyl/N-ethyl adjacent to an activating group) is 1. The molecule has 0 N–H and O–H groups in total. The lowest BCUT2D eigenvalue weighted by Crippen LogP contribution is -2.25. The molecule has 0 aromatic rings. The third-order valence-electron chi connectivity index (χ3n) is 1.26. The van der Waals surface area contributed by atoms with Crippen molar-refractivity contribution in [3.63, 3.8) is 0 Å². The lowest BCUT2D eigenvalue weighted by atomic mass is 10.6. The summed E-state index contributed by atoms with van der Waals surface area (Å²) in [6.07, 6.45) is -0.0333. The highest BCUT2D eigenvalue weighted by Crippen LogP contribution is 1.90. The summed E-state index contributed by atoms with van der Waals surface area (Å²) in [7, 11) is 3.89. The van der Waals surface area contributed by atoms with Crippen LogP contribution in [0.5, 0.6) is 0 Å². The van der Waals surface area contributed by atoms with Gasteiger partial charge >= 0.3 is 0 Å². The van der Waals surface area contributed by atoms with Gasteiger partial charge < -0.3 is 14.4 Å². The number of nitrogens with zero attached hydrogens (tertiary/aromatic N) is 1. The topological polar surface area (TPSA) is 38.8 Å². The molecule has 0 aromatic heterocycles. The van der Waals surface area contributed by atoms with Crippen LogP contribution in [-0.4, -0.2) is 51.3 Å². The SMILES string of the molecule is CCOC(C=O)OCCN(C)C. The maximum atomic E-state index is 10.3. The third-order valence-corrected chi connectivity index (χ3v) is 1.26. The third kappa shape index (κ3) is 6.27. The molecule has 0 saturated heterocycles. The Bertz CT molecular complexity index is 117. The van der Waals surface area contributed by atoms with Gasteiger partial charge in [0.15, 0.2) is 6.29 Å². The van der Waals surface area contributed by atoms with E-state index in [0.29, 0.717) is 19.5 Å². The normalized spacial score (nSPS) is 13.3. The van der Waals surface area contributed by atoms with Crippen LogP contribution in [0, 0.1) is 0 Å². The number of carbonyl (C=O) groups excluding carboxylic acids is 1. The van der Waals surface area contributed by atoms with Crippen LogP contribution in [0.1, 0.15) is 6.92 Å². The quantitative estimate of drug-likeness (QED) is 0.407. The molecule has 0 spiro atoms. The summed E-state index contributed by atoms with van der Waals surface area (Å²) in [6, 6.07) is 0. The molecule has 0 aromatic carbocycles. The molecular weight excluding hydrogens is 158 g/mol. The standard InChI is InChI=1S/C8H17NO3/c1-4-11-8(7-10)12-6-5-9(2)3/h7-8H,4-6H2,1-3H3. The van der Waals surface area contributed by atoms with Gasteiger partial charge in [-0.1, -0.05) is 0 Å². The molecule has 0 fully saturated rings. The van der Waals surface area contributed by atoms with E-state index in [4.69, 9.17) is 9.47 Å². The Morgan fingerprint density at radius 1 is 1.42 bits per heavy atom. The number of rotatable bonds is 7. The van der Waals surface area contributed by atoms with Crippen LogP contribution < -0.4 is 0 Å². The minimum absolute atomic E-state index is 0.491. The summed E-state index contributed by atoms with van der Waals surface area (Å²) >= 11 is 0. The number of ether oxygens (including phenoxy) is 2. The van der Waals surface area contributed by atoms with E-state index in [0.717, 1.165) is 6.54 Å². The van der Waals surface area contributed by atoms with Gasteiger partial charge in [-0.15, -0.1) is 0 Å². The van der Waals surface area contributed by atoms with Gasteiger partial charge in [0, 0.05) is 13.2 Å². The fourth-order valence-corrected chi connectivity index (χ4v) is 0.642. The van der Waals surface area contributed by atoms with Gasteiger partial charge in [-0.2, -0.15) is 0 Å². The molecule has 0 saturated carbocycles. The molecule has 0 aliphatic rings. The molecule has 72 valence electrons. The summed E-state index contributed by atoms with van der Waals surface area (Å²) in [6.45, 7) is 3.62. The minimum Gasteiger partial charge on any atom is -0.347 e. The fourth-order valence-electron chi connectivity index (χ4n) is 0.642. The molecule has 0 bridgehead atoms. The highest BCUT2D eigenvalue weighted by atomic mass is 16.7. The largest absolute Gasteiger partial charge is 0.347 e. The molecular formula is C8H17NO3. The van der Waals surface area contributed by atoms with Gasteiger partial charge in [0.25, 0.3) is 0 Å². The predicted octanol–water partition coefficient (Wildman–Crippen LogP) is 0.126. The molecule has 0 aliphatic heterocycles. The van der Waals surface area contributed by atoms with Crippen molar-refractivity contribution in [3.8, 4) is 0 Å². The van der Waals surface area contributed by atoms with E-state index in [1.807, 2.05) is 25.9 Å². The summed E-state index contributed by atoms with van der Waals surface area (Å²) in [4.78, 5) is 12.3. The number of hydrogen-bond acceptors (Lipinski definition) is 4. The van der Waals surface area contributed by atoms with Gasteiger partial charge in [0.2, 0.25) is 6.29 Å². The summed E-state index contributed by atoms with van der Waals surface area (Å²) in [5, 5.41) is 0. The van der Waals surface area contributed by atoms with E-state index in [1.165, 1.54) is 0 Å². The lowest BCUT2D eigenvalue weighted by Gasteiger charge is -2.13. The lowest BCUT2D eigenvalue weighted by molar-refractivity contribution is -0.157. The average molecular weight is 175 g/mol. The molecule has 0 amide bonds. The molecule has 12 heavy (non-hydrogen) atoms. The van der Waals surface area contributed by atoms with E-state index in [-0.39, 0.29) is 0 Å². The van der Waals surface area contributed by atoms with Crippen molar-refractivity contribution < 1.29 is 14.3 Å². The summed E-state index contributed by atoms with van der Waals surface area (Å²) in [5.41, 5.74) is 0. The first-order valence-electron chi connectivity index (χ1n) is 4.04. The Balaban J connectivity index is 3.37. The molecule has 0 radical (unpaired) electrons. The highest BCUT2D eigenvalue weighted by molar-refractivity contribution is 5.53. The van der Waals surface area contributed by atoms with Crippen molar-refractivity contribution >= 4 is 6.29 Å². The van der Waals surface area contributed by atoms with Crippen LogP contribution in [0.4, 0.5) is 0 Å². The van der Waals surface area contributed by atoms with E-state index in [2.05, 4.69) is 0 Å². The molecule has 0 aliphatic carbocycles. The molecule has 0 rings (SSSR count). The first-order valence-corrected chi connectivity index (χ1v) is 4.04. The van der Waals surface area contributed by atoms with Gasteiger partial charge in [0.05, 0.1) is 6.61 Å². The van der Waals surface area contributed by atoms with E-state index >= 15 is 0 Å². The van der Waals surface area contributed by atoms with Crippen molar-refractivity contribution in [1.82, 2.24) is 4.90 Å². The number of hydrogen-bond donors (Lipinski definition) is 0. The minimum atomic E-state index is -0.699. The smallest absolute Gasteiger partial charge is 0.214 e. The van der Waals surface area contributed by atoms with Crippen LogP contribution in [0.25, 0.3) is 0 Å². The Morgan fingerprint density at radius 2 is 2.08 bits per heavy atom. The molecule has 0 heterocycles. The van der Waals surface area contributed by atoms with Crippen molar-refractivity contribution in [1.29, 1.82) is 0 Å². The monoisotopic (exact) mass is 175 g/mol. The Morgan fingerprint density at radius 3 is 2.50 bits per heavy atom. The second kappa shape index (κ2) is 7.21. The van der Waals surface area contributed by atoms with Crippen LogP contribution in [0.15, 0.2) is 0 Å². The first kappa shape index (κ1) is 11.6. The summed E-state index contributed by atoms with van der Waals surface area (Å²) in [5.74, 6) is 0.